The molecule has 0 aliphatic rings. The van der Waals surface area contributed by atoms with Gasteiger partial charge in [0.05, 0.1) is 5.50 Å². The van der Waals surface area contributed by atoms with Crippen LogP contribution in [-0.4, -0.2) is 13.3 Å². The number of halogens is 2. The van der Waals surface area contributed by atoms with Gasteiger partial charge < -0.3 is 4.74 Å². The van der Waals surface area contributed by atoms with Crippen molar-refractivity contribution in [3.8, 4) is 5.75 Å². The fraction of sp³-hybridized carbons (Fsp3) is 0.400. The minimum Gasteiger partial charge on any atom is -0.495 e. The van der Waals surface area contributed by atoms with E-state index in [1.54, 1.807) is 6.92 Å². The predicted molar refractivity (Wildman–Crippen MR) is 51.4 cm³/mol. The Morgan fingerprint density at radius 1 is 1.43 bits per heavy atom. The fourth-order valence-corrected chi connectivity index (χ4v) is 0.881. The molecule has 0 aliphatic carbocycles. The summed E-state index contributed by atoms with van der Waals surface area (Å²) in [6, 6.07) is 3.12. The summed E-state index contributed by atoms with van der Waals surface area (Å²) in [5.41, 5.74) is -0.932. The van der Waals surface area contributed by atoms with Crippen LogP contribution < -0.4 is 4.74 Å². The highest BCUT2D eigenvalue weighted by atomic mass is 19.1. The first-order chi connectivity index (χ1) is 6.44. The average Bonchev–Trinajstić information content (AvgIpc) is 2.10. The van der Waals surface area contributed by atoms with Gasteiger partial charge in [0, 0.05) is 6.07 Å². The van der Waals surface area contributed by atoms with Crippen LogP contribution in [0, 0.1) is 11.6 Å². The Morgan fingerprint density at radius 2 is 2.07 bits per heavy atom. The molecule has 1 rings (SSSR count). The van der Waals surface area contributed by atoms with E-state index >= 15 is 0 Å². The van der Waals surface area contributed by atoms with Gasteiger partial charge in [-0.15, -0.1) is 0 Å². The van der Waals surface area contributed by atoms with Gasteiger partial charge in [-0.05, 0) is 25.5 Å². The summed E-state index contributed by atoms with van der Waals surface area (Å²) in [5, 5.41) is 0. The van der Waals surface area contributed by atoms with Crippen molar-refractivity contribution >= 4 is 7.85 Å². The molecule has 0 unspecified atom stereocenters. The molecule has 1 aromatic carbocycles. The lowest BCUT2D eigenvalue weighted by Gasteiger charge is -2.25. The van der Waals surface area contributed by atoms with Crippen LogP contribution in [0.25, 0.3) is 0 Å². The molecule has 0 aliphatic heterocycles. The second kappa shape index (κ2) is 3.99. The molecule has 0 heterocycles. The summed E-state index contributed by atoms with van der Waals surface area (Å²) in [7, 11) is 5.67. The van der Waals surface area contributed by atoms with Crippen LogP contribution in [0.2, 0.25) is 0 Å². The molecule has 0 bridgehead atoms. The zero-order chi connectivity index (χ0) is 10.8. The minimum absolute atomic E-state index is 0.0294. The molecule has 1 aromatic rings. The Bertz CT molecular complexity index is 326. The summed E-state index contributed by atoms with van der Waals surface area (Å²) in [4.78, 5) is 0. The molecule has 1 atom stereocenters. The molecular weight excluding hydrogens is 185 g/mol. The SMILES string of the molecule is [B][C@@](C)(CC)Oc1ccc(F)cc1F. The Hall–Kier alpha value is -1.06. The van der Waals surface area contributed by atoms with Gasteiger partial charge in [0.1, 0.15) is 13.7 Å². The summed E-state index contributed by atoms with van der Waals surface area (Å²) in [6.45, 7) is 3.46. The normalized spacial score (nSPS) is 14.9. The van der Waals surface area contributed by atoms with Crippen LogP contribution >= 0.6 is 0 Å². The van der Waals surface area contributed by atoms with Gasteiger partial charge in [0.15, 0.2) is 11.6 Å². The lowest BCUT2D eigenvalue weighted by Crippen LogP contribution is -2.32. The quantitative estimate of drug-likeness (QED) is 0.675. The van der Waals surface area contributed by atoms with Gasteiger partial charge in [0.25, 0.3) is 0 Å². The van der Waals surface area contributed by atoms with E-state index in [1.165, 1.54) is 6.07 Å². The number of hydrogen-bond donors (Lipinski definition) is 0. The van der Waals surface area contributed by atoms with Crippen molar-refractivity contribution in [1.29, 1.82) is 0 Å². The molecule has 0 fully saturated rings. The second-order valence-electron chi connectivity index (χ2n) is 3.34. The highest BCUT2D eigenvalue weighted by molar-refractivity contribution is 6.14. The highest BCUT2D eigenvalue weighted by Gasteiger charge is 2.18. The maximum absolute atomic E-state index is 13.1. The monoisotopic (exact) mass is 196 g/mol. The largest absolute Gasteiger partial charge is 0.495 e. The molecule has 0 amide bonds. The van der Waals surface area contributed by atoms with Crippen LogP contribution in [0.4, 0.5) is 8.78 Å². The summed E-state index contributed by atoms with van der Waals surface area (Å²) < 4.78 is 30.8. The third-order valence-corrected chi connectivity index (χ3v) is 1.94. The van der Waals surface area contributed by atoms with Gasteiger partial charge in [-0.2, -0.15) is 0 Å². The van der Waals surface area contributed by atoms with Crippen molar-refractivity contribution in [2.45, 2.75) is 25.8 Å². The first-order valence-corrected chi connectivity index (χ1v) is 4.37. The Morgan fingerprint density at radius 3 is 2.57 bits per heavy atom. The molecule has 0 saturated carbocycles. The van der Waals surface area contributed by atoms with E-state index in [-0.39, 0.29) is 5.75 Å². The van der Waals surface area contributed by atoms with Crippen molar-refractivity contribution in [3.05, 3.63) is 29.8 Å². The van der Waals surface area contributed by atoms with Crippen LogP contribution in [0.1, 0.15) is 20.3 Å². The zero-order valence-electron chi connectivity index (χ0n) is 8.18. The van der Waals surface area contributed by atoms with Gasteiger partial charge >= 0.3 is 0 Å². The Labute approximate surface area is 83.5 Å². The number of benzene rings is 1. The van der Waals surface area contributed by atoms with Crippen molar-refractivity contribution in [2.24, 2.45) is 0 Å². The van der Waals surface area contributed by atoms with Gasteiger partial charge in [-0.25, -0.2) is 8.78 Å². The van der Waals surface area contributed by atoms with E-state index in [1.807, 2.05) is 6.92 Å². The van der Waals surface area contributed by atoms with E-state index in [9.17, 15) is 8.78 Å². The number of ether oxygens (including phenoxy) is 1. The van der Waals surface area contributed by atoms with E-state index < -0.39 is 17.1 Å². The molecule has 0 aromatic heterocycles. The van der Waals surface area contributed by atoms with Crippen LogP contribution in [0.5, 0.6) is 5.75 Å². The maximum Gasteiger partial charge on any atom is 0.167 e. The number of rotatable bonds is 3. The van der Waals surface area contributed by atoms with Crippen LogP contribution in [0.15, 0.2) is 18.2 Å². The maximum atomic E-state index is 13.1. The Kier molecular flexibility index (Phi) is 3.14. The molecule has 14 heavy (non-hydrogen) atoms. The predicted octanol–water partition coefficient (Wildman–Crippen LogP) is 2.64. The molecule has 2 radical (unpaired) electrons. The molecule has 0 saturated heterocycles. The lowest BCUT2D eigenvalue weighted by atomic mass is 9.81. The fourth-order valence-electron chi connectivity index (χ4n) is 0.881. The van der Waals surface area contributed by atoms with Crippen molar-refractivity contribution in [2.75, 3.05) is 0 Å². The molecular formula is C10H11BF2O. The average molecular weight is 196 g/mol. The third-order valence-electron chi connectivity index (χ3n) is 1.94. The smallest absolute Gasteiger partial charge is 0.167 e. The van der Waals surface area contributed by atoms with Gasteiger partial charge in [-0.1, -0.05) is 6.92 Å². The molecule has 0 spiro atoms. The lowest BCUT2D eigenvalue weighted by molar-refractivity contribution is 0.164. The van der Waals surface area contributed by atoms with E-state index in [2.05, 4.69) is 0 Å². The van der Waals surface area contributed by atoms with E-state index in [4.69, 9.17) is 12.6 Å². The van der Waals surface area contributed by atoms with E-state index in [0.29, 0.717) is 6.42 Å². The van der Waals surface area contributed by atoms with E-state index in [0.717, 1.165) is 12.1 Å². The van der Waals surface area contributed by atoms with Crippen LogP contribution in [0.3, 0.4) is 0 Å². The van der Waals surface area contributed by atoms with Crippen molar-refractivity contribution in [1.82, 2.24) is 0 Å². The zero-order valence-corrected chi connectivity index (χ0v) is 8.18. The summed E-state index contributed by atoms with van der Waals surface area (Å²) >= 11 is 0. The number of hydrogen-bond acceptors (Lipinski definition) is 1. The van der Waals surface area contributed by atoms with Crippen molar-refractivity contribution < 1.29 is 13.5 Å². The standard InChI is InChI=1S/C10H11BF2O/c1-3-10(2,11)14-9-5-4-7(12)6-8(9)13/h4-6H,3H2,1-2H3/t10-/m1/s1. The summed E-state index contributed by atoms with van der Waals surface area (Å²) in [5.74, 6) is -1.40. The van der Waals surface area contributed by atoms with Gasteiger partial charge in [-0.3, -0.25) is 0 Å². The highest BCUT2D eigenvalue weighted by Crippen LogP contribution is 2.22. The molecule has 4 heteroatoms. The summed E-state index contributed by atoms with van der Waals surface area (Å²) in [6.07, 6.45) is 0.532. The topological polar surface area (TPSA) is 9.23 Å². The first-order valence-electron chi connectivity index (χ1n) is 4.37. The molecule has 74 valence electrons. The Balaban J connectivity index is 2.87. The third kappa shape index (κ3) is 2.72. The first kappa shape index (κ1) is 11.0. The minimum atomic E-state index is -0.932. The molecule has 1 nitrogen and oxygen atoms in total. The van der Waals surface area contributed by atoms with Gasteiger partial charge in [0.2, 0.25) is 0 Å². The van der Waals surface area contributed by atoms with Crippen molar-refractivity contribution in [3.63, 3.8) is 0 Å². The second-order valence-corrected chi connectivity index (χ2v) is 3.34. The van der Waals surface area contributed by atoms with Crippen LogP contribution in [-0.2, 0) is 0 Å². The molecule has 0 N–H and O–H groups in total.